The summed E-state index contributed by atoms with van der Waals surface area (Å²) in [5.74, 6) is 1.36. The maximum atomic E-state index is 12.4. The minimum atomic E-state index is -0.153. The van der Waals surface area contributed by atoms with Crippen molar-refractivity contribution in [3.8, 4) is 0 Å². The predicted molar refractivity (Wildman–Crippen MR) is 104 cm³/mol. The van der Waals surface area contributed by atoms with Crippen LogP contribution in [0.25, 0.3) is 11.0 Å². The highest BCUT2D eigenvalue weighted by atomic mass is 16.5. The molecule has 3 aromatic rings. The van der Waals surface area contributed by atoms with Gasteiger partial charge in [-0.05, 0) is 37.1 Å². The third-order valence-electron chi connectivity index (χ3n) is 5.04. The molecule has 1 atom stereocenters. The number of amides is 2. The van der Waals surface area contributed by atoms with E-state index < -0.39 is 0 Å². The van der Waals surface area contributed by atoms with Crippen molar-refractivity contribution < 1.29 is 13.7 Å². The molecule has 0 saturated carbocycles. The van der Waals surface area contributed by atoms with Gasteiger partial charge >= 0.3 is 6.03 Å². The van der Waals surface area contributed by atoms with Gasteiger partial charge in [0.2, 0.25) is 5.89 Å². The zero-order valence-corrected chi connectivity index (χ0v) is 16.0. The standard InChI is InChI=1S/C20H25N5O3/c1-2-19-23-18(24-28-19)13-25-9-4-6-15(12-25)22-20(26)21-11-14-5-3-7-17-16(14)8-10-27-17/h3,5,7-8,10,15H,2,4,6,9,11-13H2,1H3,(H2,21,22,26). The Morgan fingerprint density at radius 3 is 3.14 bits per heavy atom. The van der Waals surface area contributed by atoms with E-state index in [1.807, 2.05) is 31.2 Å². The predicted octanol–water partition coefficient (Wildman–Crippen LogP) is 2.84. The van der Waals surface area contributed by atoms with Crippen LogP contribution in [0.15, 0.2) is 39.5 Å². The van der Waals surface area contributed by atoms with Gasteiger partial charge in [0.15, 0.2) is 5.82 Å². The van der Waals surface area contributed by atoms with Crippen molar-refractivity contribution in [2.24, 2.45) is 0 Å². The lowest BCUT2D eigenvalue weighted by atomic mass is 10.1. The molecule has 2 N–H and O–H groups in total. The summed E-state index contributed by atoms with van der Waals surface area (Å²) in [5, 5.41) is 11.1. The number of piperidine rings is 1. The van der Waals surface area contributed by atoms with Gasteiger partial charge in [0, 0.05) is 30.9 Å². The van der Waals surface area contributed by atoms with Gasteiger partial charge in [0.25, 0.3) is 0 Å². The van der Waals surface area contributed by atoms with Crippen LogP contribution in [0.4, 0.5) is 4.79 Å². The van der Waals surface area contributed by atoms with Gasteiger partial charge < -0.3 is 19.6 Å². The van der Waals surface area contributed by atoms with E-state index >= 15 is 0 Å². The van der Waals surface area contributed by atoms with Crippen LogP contribution in [0.2, 0.25) is 0 Å². The van der Waals surface area contributed by atoms with Crippen molar-refractivity contribution in [1.29, 1.82) is 0 Å². The lowest BCUT2D eigenvalue weighted by Gasteiger charge is -2.32. The second kappa shape index (κ2) is 8.43. The molecule has 0 spiro atoms. The number of fused-ring (bicyclic) bond motifs is 1. The number of nitrogens with one attached hydrogen (secondary N) is 2. The number of rotatable bonds is 6. The van der Waals surface area contributed by atoms with Crippen molar-refractivity contribution in [3.05, 3.63) is 47.8 Å². The monoisotopic (exact) mass is 383 g/mol. The first-order valence-electron chi connectivity index (χ1n) is 9.74. The number of urea groups is 1. The Labute approximate surface area is 163 Å². The fourth-order valence-corrected chi connectivity index (χ4v) is 3.64. The van der Waals surface area contributed by atoms with Crippen LogP contribution in [-0.2, 0) is 19.5 Å². The first-order chi connectivity index (χ1) is 13.7. The Kier molecular flexibility index (Phi) is 5.57. The number of aryl methyl sites for hydroxylation is 1. The Hall–Kier alpha value is -2.87. The minimum absolute atomic E-state index is 0.107. The minimum Gasteiger partial charge on any atom is -0.464 e. The van der Waals surface area contributed by atoms with Gasteiger partial charge in [-0.25, -0.2) is 4.79 Å². The van der Waals surface area contributed by atoms with Gasteiger partial charge in [0.1, 0.15) is 5.58 Å². The molecule has 1 aromatic carbocycles. The molecule has 4 rings (SSSR count). The fourth-order valence-electron chi connectivity index (χ4n) is 3.64. The third-order valence-corrected chi connectivity index (χ3v) is 5.04. The van der Waals surface area contributed by atoms with Gasteiger partial charge in [-0.1, -0.05) is 24.2 Å². The summed E-state index contributed by atoms with van der Waals surface area (Å²) in [7, 11) is 0. The number of hydrogen-bond acceptors (Lipinski definition) is 6. The first kappa shape index (κ1) is 18.5. The molecule has 1 aliphatic rings. The lowest BCUT2D eigenvalue weighted by Crippen LogP contribution is -2.50. The van der Waals surface area contributed by atoms with Gasteiger partial charge in [-0.3, -0.25) is 4.90 Å². The molecule has 8 nitrogen and oxygen atoms in total. The second-order valence-electron chi connectivity index (χ2n) is 7.11. The highest BCUT2D eigenvalue weighted by Gasteiger charge is 2.22. The molecule has 2 aromatic heterocycles. The summed E-state index contributed by atoms with van der Waals surface area (Å²) in [6.45, 7) is 4.84. The third kappa shape index (κ3) is 4.33. The number of hydrogen-bond donors (Lipinski definition) is 2. The normalized spacial score (nSPS) is 17.7. The van der Waals surface area contributed by atoms with Crippen molar-refractivity contribution in [1.82, 2.24) is 25.7 Å². The number of benzene rings is 1. The molecule has 1 fully saturated rings. The average Bonchev–Trinajstić information content (AvgIpc) is 3.36. The van der Waals surface area contributed by atoms with Gasteiger partial charge in [0.05, 0.1) is 12.8 Å². The van der Waals surface area contributed by atoms with Crippen LogP contribution < -0.4 is 10.6 Å². The number of nitrogens with zero attached hydrogens (tertiary/aromatic N) is 3. The van der Waals surface area contributed by atoms with Gasteiger partial charge in [-0.15, -0.1) is 0 Å². The summed E-state index contributed by atoms with van der Waals surface area (Å²) in [5.41, 5.74) is 1.87. The van der Waals surface area contributed by atoms with E-state index in [1.54, 1.807) is 6.26 Å². The summed E-state index contributed by atoms with van der Waals surface area (Å²) >= 11 is 0. The summed E-state index contributed by atoms with van der Waals surface area (Å²) in [6, 6.07) is 7.72. The molecule has 148 valence electrons. The van der Waals surface area contributed by atoms with E-state index in [0.717, 1.165) is 48.9 Å². The molecule has 2 amide bonds. The maximum absolute atomic E-state index is 12.4. The maximum Gasteiger partial charge on any atom is 0.315 e. The SMILES string of the molecule is CCc1nc(CN2CCCC(NC(=O)NCc3cccc4occc34)C2)no1. The zero-order chi connectivity index (χ0) is 19.3. The number of carbonyl (C=O) groups is 1. The quantitative estimate of drug-likeness (QED) is 0.679. The van der Waals surface area contributed by atoms with Crippen molar-refractivity contribution in [3.63, 3.8) is 0 Å². The molecule has 3 heterocycles. The molecule has 0 bridgehead atoms. The topological polar surface area (TPSA) is 96.4 Å². The Morgan fingerprint density at radius 1 is 1.36 bits per heavy atom. The largest absolute Gasteiger partial charge is 0.464 e. The van der Waals surface area contributed by atoms with Crippen molar-refractivity contribution in [2.45, 2.75) is 45.3 Å². The fraction of sp³-hybridized carbons (Fsp3) is 0.450. The van der Waals surface area contributed by atoms with Crippen LogP contribution in [0.3, 0.4) is 0 Å². The highest BCUT2D eigenvalue weighted by Crippen LogP contribution is 2.19. The molecule has 8 heteroatoms. The van der Waals surface area contributed by atoms with Crippen LogP contribution in [0, 0.1) is 0 Å². The smallest absolute Gasteiger partial charge is 0.315 e. The molecule has 28 heavy (non-hydrogen) atoms. The zero-order valence-electron chi connectivity index (χ0n) is 16.0. The Morgan fingerprint density at radius 2 is 2.29 bits per heavy atom. The number of likely N-dealkylation sites (tertiary alicyclic amines) is 1. The van der Waals surface area contributed by atoms with E-state index in [0.29, 0.717) is 24.8 Å². The average molecular weight is 383 g/mol. The molecule has 0 aliphatic carbocycles. The van der Waals surface area contributed by atoms with Crippen molar-refractivity contribution >= 4 is 17.0 Å². The van der Waals surface area contributed by atoms with Crippen LogP contribution in [0.1, 0.15) is 37.0 Å². The van der Waals surface area contributed by atoms with Crippen LogP contribution >= 0.6 is 0 Å². The molecule has 1 unspecified atom stereocenters. The van der Waals surface area contributed by atoms with Gasteiger partial charge in [-0.2, -0.15) is 4.98 Å². The number of aromatic nitrogens is 2. The van der Waals surface area contributed by atoms with Crippen molar-refractivity contribution in [2.75, 3.05) is 13.1 Å². The van der Waals surface area contributed by atoms with E-state index in [-0.39, 0.29) is 12.1 Å². The Bertz CT molecular complexity index is 935. The van der Waals surface area contributed by atoms with Crippen LogP contribution in [0.5, 0.6) is 0 Å². The second-order valence-corrected chi connectivity index (χ2v) is 7.11. The number of carbonyl (C=O) groups excluding carboxylic acids is 1. The van der Waals surface area contributed by atoms with E-state index in [9.17, 15) is 4.79 Å². The summed E-state index contributed by atoms with van der Waals surface area (Å²) in [6.07, 6.45) is 4.40. The van der Waals surface area contributed by atoms with Crippen LogP contribution in [-0.4, -0.2) is 40.2 Å². The lowest BCUT2D eigenvalue weighted by molar-refractivity contribution is 0.175. The van der Waals surface area contributed by atoms with E-state index in [4.69, 9.17) is 8.94 Å². The first-order valence-corrected chi connectivity index (χ1v) is 9.74. The van der Waals surface area contributed by atoms with E-state index in [1.165, 1.54) is 0 Å². The molecular weight excluding hydrogens is 358 g/mol. The highest BCUT2D eigenvalue weighted by molar-refractivity contribution is 5.81. The Balaban J connectivity index is 1.27. The molecular formula is C20H25N5O3. The van der Waals surface area contributed by atoms with E-state index in [2.05, 4.69) is 25.7 Å². The molecule has 1 saturated heterocycles. The molecule has 0 radical (unpaired) electrons. The molecule has 1 aliphatic heterocycles. The summed E-state index contributed by atoms with van der Waals surface area (Å²) in [4.78, 5) is 19.0. The number of furan rings is 1. The summed E-state index contributed by atoms with van der Waals surface area (Å²) < 4.78 is 10.6.